The lowest BCUT2D eigenvalue weighted by molar-refractivity contribution is -0.118. The van der Waals surface area contributed by atoms with Gasteiger partial charge in [-0.2, -0.15) is 0 Å². The Morgan fingerprint density at radius 1 is 0.972 bits per heavy atom. The largest absolute Gasteiger partial charge is 0.324 e. The molecule has 2 amide bonds. The van der Waals surface area contributed by atoms with Gasteiger partial charge in [-0.15, -0.1) is 0 Å². The molecule has 4 aromatic carbocycles. The van der Waals surface area contributed by atoms with E-state index in [0.717, 1.165) is 38.7 Å². The molecule has 2 heterocycles. The van der Waals surface area contributed by atoms with Gasteiger partial charge in [-0.25, -0.2) is 0 Å². The molecule has 1 atom stereocenters. The average molecular weight is 494 g/mol. The first-order chi connectivity index (χ1) is 17.5. The van der Waals surface area contributed by atoms with Crippen LogP contribution in [0.4, 0.5) is 11.4 Å². The molecule has 0 fully saturated rings. The van der Waals surface area contributed by atoms with Gasteiger partial charge in [0.2, 0.25) is 11.8 Å². The van der Waals surface area contributed by atoms with E-state index in [0.29, 0.717) is 35.8 Å². The van der Waals surface area contributed by atoms with Crippen LogP contribution in [0.15, 0.2) is 83.9 Å². The summed E-state index contributed by atoms with van der Waals surface area (Å²) < 4.78 is 0. The standard InChI is InChI=1S/C30H24ClN3O2/c1-2-34-27-15-22(10-9-21(27)16-28(34)35)29-24-17-23(31)11-12-25(24)33-30(36)26(32-29)14-18-7-8-19-5-3-4-6-20(19)13-18/h3-13,15,17,26H,2,14,16H2,1H3,(H,33,36). The molecule has 6 rings (SSSR count). The van der Waals surface area contributed by atoms with Crippen LogP contribution in [0, 0.1) is 0 Å². The summed E-state index contributed by atoms with van der Waals surface area (Å²) in [6, 6.07) is 25.2. The van der Waals surface area contributed by atoms with Gasteiger partial charge < -0.3 is 10.2 Å². The highest BCUT2D eigenvalue weighted by atomic mass is 35.5. The number of hydrogen-bond donors (Lipinski definition) is 1. The normalized spacial score (nSPS) is 16.9. The van der Waals surface area contributed by atoms with Crippen LogP contribution in [-0.2, 0) is 22.4 Å². The van der Waals surface area contributed by atoms with E-state index < -0.39 is 6.04 Å². The van der Waals surface area contributed by atoms with Crippen LogP contribution in [0.3, 0.4) is 0 Å². The van der Waals surface area contributed by atoms with Gasteiger partial charge in [0, 0.05) is 34.8 Å². The molecular weight excluding hydrogens is 470 g/mol. The van der Waals surface area contributed by atoms with Gasteiger partial charge in [0.25, 0.3) is 0 Å². The molecule has 4 aromatic rings. The van der Waals surface area contributed by atoms with Crippen molar-refractivity contribution in [1.82, 2.24) is 0 Å². The molecule has 0 spiro atoms. The Labute approximate surface area is 214 Å². The number of benzene rings is 4. The van der Waals surface area contributed by atoms with Gasteiger partial charge in [-0.1, -0.05) is 66.2 Å². The molecule has 178 valence electrons. The Hall–Kier alpha value is -3.96. The highest BCUT2D eigenvalue weighted by molar-refractivity contribution is 6.32. The monoisotopic (exact) mass is 493 g/mol. The second-order valence-electron chi connectivity index (χ2n) is 9.22. The minimum absolute atomic E-state index is 0.0990. The molecule has 2 aliphatic rings. The van der Waals surface area contributed by atoms with Crippen molar-refractivity contribution in [3.05, 3.63) is 106 Å². The number of amides is 2. The topological polar surface area (TPSA) is 61.8 Å². The van der Waals surface area contributed by atoms with Crippen LogP contribution in [0.1, 0.15) is 29.2 Å². The van der Waals surface area contributed by atoms with E-state index in [9.17, 15) is 9.59 Å². The van der Waals surface area contributed by atoms with Crippen molar-refractivity contribution < 1.29 is 9.59 Å². The Morgan fingerprint density at radius 3 is 2.64 bits per heavy atom. The van der Waals surface area contributed by atoms with Crippen molar-refractivity contribution in [1.29, 1.82) is 0 Å². The van der Waals surface area contributed by atoms with Gasteiger partial charge in [-0.05, 0) is 53.1 Å². The summed E-state index contributed by atoms with van der Waals surface area (Å²) in [5.41, 5.74) is 5.93. The number of fused-ring (bicyclic) bond motifs is 3. The van der Waals surface area contributed by atoms with Crippen molar-refractivity contribution in [2.45, 2.75) is 25.8 Å². The SMILES string of the molecule is CCN1C(=O)Cc2ccc(C3=NC(Cc4ccc5ccccc5c4)C(=O)Nc4ccc(Cl)cc43)cc21. The van der Waals surface area contributed by atoms with E-state index in [2.05, 4.69) is 35.6 Å². The lowest BCUT2D eigenvalue weighted by Crippen LogP contribution is -2.27. The van der Waals surface area contributed by atoms with E-state index in [4.69, 9.17) is 16.6 Å². The number of carbonyl (C=O) groups excluding carboxylic acids is 2. The summed E-state index contributed by atoms with van der Waals surface area (Å²) in [7, 11) is 0. The summed E-state index contributed by atoms with van der Waals surface area (Å²) in [4.78, 5) is 32.6. The van der Waals surface area contributed by atoms with E-state index >= 15 is 0 Å². The molecule has 0 aliphatic carbocycles. The number of anilines is 2. The fourth-order valence-electron chi connectivity index (χ4n) is 5.13. The number of benzodiazepines with no additional fused rings is 1. The summed E-state index contributed by atoms with van der Waals surface area (Å²) in [5, 5.41) is 5.91. The van der Waals surface area contributed by atoms with Crippen LogP contribution in [-0.4, -0.2) is 30.1 Å². The smallest absolute Gasteiger partial charge is 0.249 e. The maximum Gasteiger partial charge on any atom is 0.249 e. The maximum atomic E-state index is 13.3. The third-order valence-electron chi connectivity index (χ3n) is 6.93. The molecule has 0 radical (unpaired) electrons. The highest BCUT2D eigenvalue weighted by Gasteiger charge is 2.29. The van der Waals surface area contributed by atoms with Gasteiger partial charge in [0.1, 0.15) is 6.04 Å². The van der Waals surface area contributed by atoms with E-state index in [-0.39, 0.29) is 11.8 Å². The van der Waals surface area contributed by atoms with E-state index in [1.807, 2.05) is 49.4 Å². The van der Waals surface area contributed by atoms with Crippen LogP contribution in [0.25, 0.3) is 10.8 Å². The van der Waals surface area contributed by atoms with Gasteiger partial charge in [0.05, 0.1) is 17.8 Å². The van der Waals surface area contributed by atoms with Crippen molar-refractivity contribution in [2.75, 3.05) is 16.8 Å². The number of aliphatic imine (C=N–C) groups is 1. The van der Waals surface area contributed by atoms with Crippen molar-refractivity contribution >= 4 is 51.3 Å². The fourth-order valence-corrected chi connectivity index (χ4v) is 5.30. The van der Waals surface area contributed by atoms with E-state index in [1.165, 1.54) is 0 Å². The van der Waals surface area contributed by atoms with Crippen LogP contribution < -0.4 is 10.2 Å². The lowest BCUT2D eigenvalue weighted by Gasteiger charge is -2.17. The number of nitrogens with zero attached hydrogens (tertiary/aromatic N) is 2. The van der Waals surface area contributed by atoms with E-state index in [1.54, 1.807) is 11.0 Å². The summed E-state index contributed by atoms with van der Waals surface area (Å²) in [5.74, 6) is -0.0600. The number of likely N-dealkylation sites (N-methyl/N-ethyl adjacent to an activating group) is 1. The molecule has 36 heavy (non-hydrogen) atoms. The summed E-state index contributed by atoms with van der Waals surface area (Å²) in [6.07, 6.45) is 0.870. The molecule has 5 nitrogen and oxygen atoms in total. The minimum Gasteiger partial charge on any atom is -0.324 e. The first-order valence-corrected chi connectivity index (χ1v) is 12.5. The lowest BCUT2D eigenvalue weighted by atomic mass is 9.98. The third kappa shape index (κ3) is 3.95. The Balaban J connectivity index is 1.46. The van der Waals surface area contributed by atoms with Crippen LogP contribution >= 0.6 is 11.6 Å². The summed E-state index contributed by atoms with van der Waals surface area (Å²) in [6.45, 7) is 2.58. The second-order valence-corrected chi connectivity index (χ2v) is 9.65. The minimum atomic E-state index is -0.621. The molecule has 0 saturated carbocycles. The fraction of sp³-hybridized carbons (Fsp3) is 0.167. The second kappa shape index (κ2) is 8.92. The number of hydrogen-bond acceptors (Lipinski definition) is 3. The Bertz CT molecular complexity index is 1580. The zero-order valence-electron chi connectivity index (χ0n) is 19.8. The zero-order chi connectivity index (χ0) is 24.8. The third-order valence-corrected chi connectivity index (χ3v) is 7.17. The molecule has 2 aliphatic heterocycles. The molecule has 1 unspecified atom stereocenters. The maximum absolute atomic E-state index is 13.3. The number of carbonyl (C=O) groups is 2. The molecule has 0 saturated heterocycles. The summed E-state index contributed by atoms with van der Waals surface area (Å²) >= 11 is 6.38. The number of nitrogens with one attached hydrogen (secondary N) is 1. The quantitative estimate of drug-likeness (QED) is 0.390. The molecule has 6 heteroatoms. The van der Waals surface area contributed by atoms with Gasteiger partial charge >= 0.3 is 0 Å². The average Bonchev–Trinajstić information content (AvgIpc) is 3.14. The van der Waals surface area contributed by atoms with Crippen molar-refractivity contribution in [3.63, 3.8) is 0 Å². The van der Waals surface area contributed by atoms with Gasteiger partial charge in [0.15, 0.2) is 0 Å². The first-order valence-electron chi connectivity index (χ1n) is 12.1. The van der Waals surface area contributed by atoms with Gasteiger partial charge in [-0.3, -0.25) is 14.6 Å². The molecule has 0 bridgehead atoms. The predicted molar refractivity (Wildman–Crippen MR) is 145 cm³/mol. The number of rotatable bonds is 4. The Morgan fingerprint density at radius 2 is 1.81 bits per heavy atom. The number of halogens is 1. The van der Waals surface area contributed by atoms with Crippen molar-refractivity contribution in [2.24, 2.45) is 4.99 Å². The highest BCUT2D eigenvalue weighted by Crippen LogP contribution is 2.33. The van der Waals surface area contributed by atoms with Crippen LogP contribution in [0.2, 0.25) is 5.02 Å². The Kier molecular flexibility index (Phi) is 5.57. The predicted octanol–water partition coefficient (Wildman–Crippen LogP) is 5.80. The molecular formula is C30H24ClN3O2. The van der Waals surface area contributed by atoms with Crippen molar-refractivity contribution in [3.8, 4) is 0 Å². The molecule has 0 aromatic heterocycles. The first kappa shape index (κ1) is 22.5. The molecule has 1 N–H and O–H groups in total. The van der Waals surface area contributed by atoms with Crippen LogP contribution in [0.5, 0.6) is 0 Å². The zero-order valence-corrected chi connectivity index (χ0v) is 20.5.